The van der Waals surface area contributed by atoms with Gasteiger partial charge in [0.2, 0.25) is 0 Å². The van der Waals surface area contributed by atoms with Gasteiger partial charge < -0.3 is 18.8 Å². The van der Waals surface area contributed by atoms with Crippen molar-refractivity contribution in [1.29, 1.82) is 0 Å². The van der Waals surface area contributed by atoms with E-state index in [0.29, 0.717) is 31.3 Å². The minimum atomic E-state index is 0.473. The smallest absolute Gasteiger partial charge is 0.163 e. The van der Waals surface area contributed by atoms with E-state index >= 15 is 0 Å². The maximum atomic E-state index is 6.33. The summed E-state index contributed by atoms with van der Waals surface area (Å²) in [6.45, 7) is 1.79. The Morgan fingerprint density at radius 1 is 0.875 bits per heavy atom. The number of methoxy groups -OCH3 is 2. The second-order valence-corrected chi connectivity index (χ2v) is 7.81. The van der Waals surface area contributed by atoms with Crippen molar-refractivity contribution in [1.82, 2.24) is 4.57 Å². The summed E-state index contributed by atoms with van der Waals surface area (Å²) >= 11 is 6.33. The molecule has 164 valence electrons. The van der Waals surface area contributed by atoms with Gasteiger partial charge in [0.05, 0.1) is 19.2 Å². The number of rotatable bonds is 9. The van der Waals surface area contributed by atoms with Crippen molar-refractivity contribution in [2.45, 2.75) is 13.2 Å². The van der Waals surface area contributed by atoms with Crippen molar-refractivity contribution in [2.75, 3.05) is 20.8 Å². The Kier molecular flexibility index (Phi) is 7.15. The lowest BCUT2D eigenvalue weighted by atomic mass is 10.2. The fourth-order valence-corrected chi connectivity index (χ4v) is 3.85. The molecule has 0 bridgehead atoms. The van der Waals surface area contributed by atoms with Gasteiger partial charge in [0.25, 0.3) is 0 Å². The third-order valence-electron chi connectivity index (χ3n) is 5.31. The second kappa shape index (κ2) is 10.4. The van der Waals surface area contributed by atoms with Gasteiger partial charge in [-0.15, -0.1) is 0 Å². The van der Waals surface area contributed by atoms with Gasteiger partial charge in [-0.2, -0.15) is 0 Å². The Labute approximate surface area is 193 Å². The Balaban J connectivity index is 1.72. The van der Waals surface area contributed by atoms with Crippen LogP contribution >= 0.6 is 11.6 Å². The number of hydrogen-bond acceptors (Lipinski definition) is 3. The van der Waals surface area contributed by atoms with E-state index in [9.17, 15) is 0 Å². The molecule has 0 aliphatic heterocycles. The second-order valence-electron chi connectivity index (χ2n) is 7.40. The van der Waals surface area contributed by atoms with Crippen LogP contribution in [-0.4, -0.2) is 25.4 Å². The summed E-state index contributed by atoms with van der Waals surface area (Å²) < 4.78 is 19.3. The van der Waals surface area contributed by atoms with Crippen LogP contribution in [0.1, 0.15) is 16.8 Å². The monoisotopic (exact) mass is 447 g/mol. The molecule has 5 heteroatoms. The van der Waals surface area contributed by atoms with E-state index in [1.165, 1.54) is 0 Å². The molecule has 4 nitrogen and oxygen atoms in total. The lowest BCUT2D eigenvalue weighted by Gasteiger charge is -2.13. The molecule has 3 aromatic carbocycles. The summed E-state index contributed by atoms with van der Waals surface area (Å²) in [5.74, 6) is 1.42. The molecule has 0 amide bonds. The Morgan fingerprint density at radius 3 is 2.41 bits per heavy atom. The van der Waals surface area contributed by atoms with Gasteiger partial charge in [0.15, 0.2) is 11.5 Å². The van der Waals surface area contributed by atoms with Crippen LogP contribution in [0.4, 0.5) is 0 Å². The van der Waals surface area contributed by atoms with Gasteiger partial charge in [0, 0.05) is 35.8 Å². The number of nitrogens with zero attached hydrogens (tertiary/aromatic N) is 1. The standard InChI is InChI=1S/C27H26ClNO3/c1-30-15-14-29-23(13-12-21-10-6-7-11-24(21)28)16-22-17-26(31-2)27(18-25(22)29)32-19-20-8-4-3-5-9-20/h3-13,16-18H,14-15,19H2,1-2H3. The molecule has 4 rings (SSSR count). The zero-order chi connectivity index (χ0) is 22.3. The van der Waals surface area contributed by atoms with Crippen LogP contribution in [0.5, 0.6) is 11.5 Å². The molecule has 0 aliphatic carbocycles. The van der Waals surface area contributed by atoms with Crippen LogP contribution in [0.3, 0.4) is 0 Å². The highest BCUT2D eigenvalue weighted by molar-refractivity contribution is 6.32. The highest BCUT2D eigenvalue weighted by atomic mass is 35.5. The summed E-state index contributed by atoms with van der Waals surface area (Å²) in [5, 5.41) is 1.80. The first kappa shape index (κ1) is 22.0. The molecule has 0 unspecified atom stereocenters. The Morgan fingerprint density at radius 2 is 1.66 bits per heavy atom. The minimum absolute atomic E-state index is 0.473. The van der Waals surface area contributed by atoms with Gasteiger partial charge >= 0.3 is 0 Å². The van der Waals surface area contributed by atoms with Gasteiger partial charge in [-0.05, 0) is 35.4 Å². The van der Waals surface area contributed by atoms with Gasteiger partial charge in [0.1, 0.15) is 6.61 Å². The number of fused-ring (bicyclic) bond motifs is 1. The van der Waals surface area contributed by atoms with E-state index in [1.807, 2.05) is 72.8 Å². The van der Waals surface area contributed by atoms with Crippen LogP contribution < -0.4 is 9.47 Å². The Bertz CT molecular complexity index is 1210. The fraction of sp³-hybridized carbons (Fsp3) is 0.185. The van der Waals surface area contributed by atoms with E-state index in [2.05, 4.69) is 16.7 Å². The lowest BCUT2D eigenvalue weighted by molar-refractivity contribution is 0.188. The highest BCUT2D eigenvalue weighted by Gasteiger charge is 2.13. The fourth-order valence-electron chi connectivity index (χ4n) is 3.65. The molecular formula is C27H26ClNO3. The first-order valence-electron chi connectivity index (χ1n) is 10.5. The molecule has 0 saturated heterocycles. The van der Waals surface area contributed by atoms with Gasteiger partial charge in [-0.1, -0.05) is 66.2 Å². The van der Waals surface area contributed by atoms with Crippen molar-refractivity contribution < 1.29 is 14.2 Å². The van der Waals surface area contributed by atoms with E-state index in [4.69, 9.17) is 25.8 Å². The molecule has 0 radical (unpaired) electrons. The van der Waals surface area contributed by atoms with Crippen LogP contribution in [0.2, 0.25) is 5.02 Å². The summed E-state index contributed by atoms with van der Waals surface area (Å²) in [6, 6.07) is 24.1. The molecule has 0 aliphatic rings. The third kappa shape index (κ3) is 4.98. The molecular weight excluding hydrogens is 422 g/mol. The zero-order valence-electron chi connectivity index (χ0n) is 18.3. The van der Waals surface area contributed by atoms with Crippen molar-refractivity contribution in [3.8, 4) is 11.5 Å². The summed E-state index contributed by atoms with van der Waals surface area (Å²) in [5.41, 5.74) is 4.19. The SMILES string of the molecule is COCCn1c(C=Cc2ccccc2Cl)cc2cc(OC)c(OCc3ccccc3)cc21. The lowest BCUT2D eigenvalue weighted by Crippen LogP contribution is -2.06. The maximum Gasteiger partial charge on any atom is 0.163 e. The molecule has 32 heavy (non-hydrogen) atoms. The number of aromatic nitrogens is 1. The summed E-state index contributed by atoms with van der Waals surface area (Å²) in [7, 11) is 3.37. The molecule has 4 aromatic rings. The van der Waals surface area contributed by atoms with Gasteiger partial charge in [-0.3, -0.25) is 0 Å². The Hall–Kier alpha value is -3.21. The van der Waals surface area contributed by atoms with Crippen LogP contribution in [-0.2, 0) is 17.9 Å². The minimum Gasteiger partial charge on any atom is -0.493 e. The molecule has 0 saturated carbocycles. The quantitative estimate of drug-likeness (QED) is 0.286. The first-order valence-corrected chi connectivity index (χ1v) is 10.9. The molecule has 0 fully saturated rings. The number of halogens is 1. The summed E-state index contributed by atoms with van der Waals surface area (Å²) in [4.78, 5) is 0. The predicted octanol–water partition coefficient (Wildman–Crippen LogP) is 6.70. The van der Waals surface area contributed by atoms with Crippen LogP contribution in [0.25, 0.3) is 23.1 Å². The van der Waals surface area contributed by atoms with E-state index in [-0.39, 0.29) is 0 Å². The van der Waals surface area contributed by atoms with Gasteiger partial charge in [-0.25, -0.2) is 0 Å². The van der Waals surface area contributed by atoms with Crippen LogP contribution in [0, 0.1) is 0 Å². The molecule has 0 spiro atoms. The van der Waals surface area contributed by atoms with E-state index < -0.39 is 0 Å². The normalized spacial score (nSPS) is 11.3. The highest BCUT2D eigenvalue weighted by Crippen LogP contribution is 2.35. The molecule has 1 aromatic heterocycles. The number of benzene rings is 3. The molecule has 1 heterocycles. The maximum absolute atomic E-state index is 6.33. The topological polar surface area (TPSA) is 32.6 Å². The van der Waals surface area contributed by atoms with Crippen molar-refractivity contribution in [3.63, 3.8) is 0 Å². The predicted molar refractivity (Wildman–Crippen MR) is 132 cm³/mol. The van der Waals surface area contributed by atoms with E-state index in [1.54, 1.807) is 14.2 Å². The molecule has 0 N–H and O–H groups in total. The van der Waals surface area contributed by atoms with Crippen molar-refractivity contribution >= 4 is 34.7 Å². The summed E-state index contributed by atoms with van der Waals surface area (Å²) in [6.07, 6.45) is 4.11. The third-order valence-corrected chi connectivity index (χ3v) is 5.66. The van der Waals surface area contributed by atoms with Crippen molar-refractivity contribution in [2.24, 2.45) is 0 Å². The number of ether oxygens (including phenoxy) is 3. The zero-order valence-corrected chi connectivity index (χ0v) is 19.0. The number of hydrogen-bond donors (Lipinski definition) is 0. The van der Waals surface area contributed by atoms with Crippen LogP contribution in [0.15, 0.2) is 72.8 Å². The average Bonchev–Trinajstić information content (AvgIpc) is 3.16. The first-order chi connectivity index (χ1) is 15.7. The molecule has 0 atom stereocenters. The van der Waals surface area contributed by atoms with Crippen molar-refractivity contribution in [3.05, 3.63) is 94.6 Å². The van der Waals surface area contributed by atoms with E-state index in [0.717, 1.165) is 32.7 Å². The average molecular weight is 448 g/mol. The largest absolute Gasteiger partial charge is 0.493 e.